The van der Waals surface area contributed by atoms with Crippen LogP contribution in [0.5, 0.6) is 0 Å². The molecule has 0 bridgehead atoms. The highest BCUT2D eigenvalue weighted by atomic mass is 16.2. The SMILES string of the molecule is Cc1ccc(C[NH+](C)[C@@H](C)C(=O)Nc2c(C)cc(C)cc2C)c(C)c1. The second-order valence-corrected chi connectivity index (χ2v) is 7.44. The van der Waals surface area contributed by atoms with Gasteiger partial charge in [0, 0.05) is 11.3 Å². The first-order chi connectivity index (χ1) is 11.7. The zero-order chi connectivity index (χ0) is 18.7. The molecule has 0 fully saturated rings. The molecule has 0 aliphatic rings. The highest BCUT2D eigenvalue weighted by molar-refractivity contribution is 5.95. The van der Waals surface area contributed by atoms with Gasteiger partial charge >= 0.3 is 0 Å². The van der Waals surface area contributed by atoms with Crippen molar-refractivity contribution in [2.75, 3.05) is 12.4 Å². The molecule has 0 aliphatic heterocycles. The van der Waals surface area contributed by atoms with Crippen molar-refractivity contribution >= 4 is 11.6 Å². The maximum Gasteiger partial charge on any atom is 0.282 e. The molecule has 134 valence electrons. The van der Waals surface area contributed by atoms with Gasteiger partial charge in [-0.1, -0.05) is 41.5 Å². The van der Waals surface area contributed by atoms with Crippen molar-refractivity contribution in [1.29, 1.82) is 0 Å². The van der Waals surface area contributed by atoms with Gasteiger partial charge < -0.3 is 10.2 Å². The number of nitrogens with one attached hydrogen (secondary N) is 2. The van der Waals surface area contributed by atoms with Crippen LogP contribution in [0.15, 0.2) is 30.3 Å². The minimum absolute atomic E-state index is 0.0670. The molecule has 1 unspecified atom stereocenters. The van der Waals surface area contributed by atoms with Crippen LogP contribution in [0.4, 0.5) is 5.69 Å². The second-order valence-electron chi connectivity index (χ2n) is 7.44. The predicted octanol–water partition coefficient (Wildman–Crippen LogP) is 3.27. The first-order valence-electron chi connectivity index (χ1n) is 8.96. The molecule has 0 radical (unpaired) electrons. The molecule has 1 amide bonds. The quantitative estimate of drug-likeness (QED) is 0.861. The molecule has 0 saturated heterocycles. The second kappa shape index (κ2) is 7.83. The summed E-state index contributed by atoms with van der Waals surface area (Å²) < 4.78 is 0. The number of rotatable bonds is 5. The van der Waals surface area contributed by atoms with Crippen LogP contribution in [0.25, 0.3) is 0 Å². The molecular formula is C22H31N2O+. The lowest BCUT2D eigenvalue weighted by molar-refractivity contribution is -0.907. The number of likely N-dealkylation sites (N-methyl/N-ethyl adjacent to an activating group) is 1. The molecule has 0 aromatic heterocycles. The summed E-state index contributed by atoms with van der Waals surface area (Å²) in [7, 11) is 2.08. The van der Waals surface area contributed by atoms with Gasteiger partial charge in [0.25, 0.3) is 5.91 Å². The van der Waals surface area contributed by atoms with E-state index in [-0.39, 0.29) is 11.9 Å². The molecule has 2 rings (SSSR count). The minimum atomic E-state index is -0.124. The van der Waals surface area contributed by atoms with Gasteiger partial charge in [0.2, 0.25) is 0 Å². The molecule has 0 aliphatic carbocycles. The van der Waals surface area contributed by atoms with Crippen molar-refractivity contribution in [3.05, 3.63) is 63.7 Å². The summed E-state index contributed by atoms with van der Waals surface area (Å²) in [6.07, 6.45) is 0. The number of hydrogen-bond donors (Lipinski definition) is 2. The Hall–Kier alpha value is -2.13. The van der Waals surface area contributed by atoms with E-state index in [0.717, 1.165) is 23.4 Å². The van der Waals surface area contributed by atoms with E-state index in [1.165, 1.54) is 27.2 Å². The molecule has 0 heterocycles. The maximum absolute atomic E-state index is 12.7. The highest BCUT2D eigenvalue weighted by Crippen LogP contribution is 2.21. The van der Waals surface area contributed by atoms with Gasteiger partial charge in [-0.15, -0.1) is 0 Å². The highest BCUT2D eigenvalue weighted by Gasteiger charge is 2.23. The summed E-state index contributed by atoms with van der Waals surface area (Å²) in [5.41, 5.74) is 8.26. The van der Waals surface area contributed by atoms with Crippen molar-refractivity contribution in [2.45, 2.75) is 54.1 Å². The lowest BCUT2D eigenvalue weighted by Crippen LogP contribution is -3.12. The Balaban J connectivity index is 2.09. The summed E-state index contributed by atoms with van der Waals surface area (Å²) in [6.45, 7) is 13.3. The number of amides is 1. The van der Waals surface area contributed by atoms with Crippen LogP contribution in [-0.2, 0) is 11.3 Å². The Kier molecular flexibility index (Phi) is 6.02. The summed E-state index contributed by atoms with van der Waals surface area (Å²) >= 11 is 0. The third kappa shape index (κ3) is 4.70. The normalized spacial score (nSPS) is 13.4. The lowest BCUT2D eigenvalue weighted by atomic mass is 10.0. The summed E-state index contributed by atoms with van der Waals surface area (Å²) in [6, 6.07) is 10.6. The van der Waals surface area contributed by atoms with Gasteiger partial charge in [-0.2, -0.15) is 0 Å². The molecule has 2 N–H and O–H groups in total. The molecule has 2 aromatic rings. The number of carbonyl (C=O) groups excluding carboxylic acids is 1. The van der Waals surface area contributed by atoms with E-state index < -0.39 is 0 Å². The first-order valence-corrected chi connectivity index (χ1v) is 8.96. The predicted molar refractivity (Wildman–Crippen MR) is 105 cm³/mol. The van der Waals surface area contributed by atoms with E-state index in [2.05, 4.69) is 63.5 Å². The Bertz CT molecular complexity index is 757. The zero-order valence-corrected chi connectivity index (χ0v) is 16.6. The van der Waals surface area contributed by atoms with Crippen molar-refractivity contribution in [3.8, 4) is 0 Å². The van der Waals surface area contributed by atoms with Crippen LogP contribution in [0.2, 0.25) is 0 Å². The standard InChI is InChI=1S/C22H30N2O/c1-14-8-9-20(16(3)10-14)13-24(7)19(6)22(25)23-21-17(4)11-15(2)12-18(21)5/h8-12,19H,13H2,1-7H3,(H,23,25)/p+1/t19-/m0/s1. The molecule has 25 heavy (non-hydrogen) atoms. The van der Waals surface area contributed by atoms with Crippen molar-refractivity contribution in [2.24, 2.45) is 0 Å². The molecule has 3 heteroatoms. The Morgan fingerprint density at radius 1 is 0.960 bits per heavy atom. The van der Waals surface area contributed by atoms with Crippen LogP contribution in [0.1, 0.15) is 40.3 Å². The third-order valence-electron chi connectivity index (χ3n) is 5.03. The zero-order valence-electron chi connectivity index (χ0n) is 16.6. The summed E-state index contributed by atoms with van der Waals surface area (Å²) in [4.78, 5) is 13.9. The maximum atomic E-state index is 12.7. The van der Waals surface area contributed by atoms with Crippen molar-refractivity contribution in [3.63, 3.8) is 0 Å². The molecule has 2 aromatic carbocycles. The average molecular weight is 340 g/mol. The van der Waals surface area contributed by atoms with Crippen LogP contribution in [0, 0.1) is 34.6 Å². The number of anilines is 1. The largest absolute Gasteiger partial charge is 0.324 e. The van der Waals surface area contributed by atoms with Crippen LogP contribution in [-0.4, -0.2) is 19.0 Å². The summed E-state index contributed by atoms with van der Waals surface area (Å²) in [5.74, 6) is 0.0670. The average Bonchev–Trinajstić information content (AvgIpc) is 2.52. The van der Waals surface area contributed by atoms with E-state index in [0.29, 0.717) is 0 Å². The molecule has 3 nitrogen and oxygen atoms in total. The van der Waals surface area contributed by atoms with Gasteiger partial charge in [0.1, 0.15) is 6.54 Å². The lowest BCUT2D eigenvalue weighted by Gasteiger charge is -2.23. The molecular weight excluding hydrogens is 308 g/mol. The first kappa shape index (κ1) is 19.2. The van der Waals surface area contributed by atoms with Gasteiger partial charge in [-0.05, 0) is 58.2 Å². The van der Waals surface area contributed by atoms with E-state index in [1.54, 1.807) is 0 Å². The number of carbonyl (C=O) groups is 1. The number of aryl methyl sites for hydroxylation is 5. The van der Waals surface area contributed by atoms with E-state index in [1.807, 2.05) is 20.8 Å². The Labute approximate surface area is 152 Å². The smallest absolute Gasteiger partial charge is 0.282 e. The van der Waals surface area contributed by atoms with Crippen LogP contribution < -0.4 is 10.2 Å². The van der Waals surface area contributed by atoms with E-state index >= 15 is 0 Å². The topological polar surface area (TPSA) is 33.5 Å². The number of hydrogen-bond acceptors (Lipinski definition) is 1. The van der Waals surface area contributed by atoms with Crippen molar-refractivity contribution < 1.29 is 9.69 Å². The molecule has 2 atom stereocenters. The van der Waals surface area contributed by atoms with Gasteiger partial charge in [0.15, 0.2) is 6.04 Å². The Morgan fingerprint density at radius 2 is 1.52 bits per heavy atom. The molecule has 0 spiro atoms. The van der Waals surface area contributed by atoms with Crippen LogP contribution >= 0.6 is 0 Å². The monoisotopic (exact) mass is 339 g/mol. The fraction of sp³-hybridized carbons (Fsp3) is 0.409. The van der Waals surface area contributed by atoms with Gasteiger partial charge in [-0.3, -0.25) is 4.79 Å². The van der Waals surface area contributed by atoms with Gasteiger partial charge in [-0.25, -0.2) is 0 Å². The minimum Gasteiger partial charge on any atom is -0.324 e. The summed E-state index contributed by atoms with van der Waals surface area (Å²) in [5, 5.41) is 3.14. The van der Waals surface area contributed by atoms with Crippen molar-refractivity contribution in [1.82, 2.24) is 0 Å². The number of benzene rings is 2. The van der Waals surface area contributed by atoms with Gasteiger partial charge in [0.05, 0.1) is 7.05 Å². The number of quaternary nitrogens is 1. The Morgan fingerprint density at radius 3 is 2.08 bits per heavy atom. The van der Waals surface area contributed by atoms with E-state index in [9.17, 15) is 4.79 Å². The van der Waals surface area contributed by atoms with E-state index in [4.69, 9.17) is 0 Å². The third-order valence-corrected chi connectivity index (χ3v) is 5.03. The fourth-order valence-corrected chi connectivity index (χ4v) is 3.33. The molecule has 0 saturated carbocycles. The van der Waals surface area contributed by atoms with Crippen LogP contribution in [0.3, 0.4) is 0 Å². The fourth-order valence-electron chi connectivity index (χ4n) is 3.33.